The van der Waals surface area contributed by atoms with E-state index in [4.69, 9.17) is 5.11 Å². The third-order valence-corrected chi connectivity index (χ3v) is 4.12. The zero-order valence-corrected chi connectivity index (χ0v) is 12.5. The Kier molecular flexibility index (Phi) is 4.83. The van der Waals surface area contributed by atoms with Crippen molar-refractivity contribution in [3.05, 3.63) is 35.9 Å². The zero-order chi connectivity index (χ0) is 15.4. The molecule has 1 fully saturated rings. The molecule has 2 amide bonds. The maximum absolute atomic E-state index is 12.3. The quantitative estimate of drug-likeness (QED) is 0.895. The second kappa shape index (κ2) is 6.61. The first kappa shape index (κ1) is 15.4. The lowest BCUT2D eigenvalue weighted by molar-refractivity contribution is -0.142. The third-order valence-electron chi connectivity index (χ3n) is 4.12. The number of rotatable bonds is 4. The van der Waals surface area contributed by atoms with Crippen molar-refractivity contribution < 1.29 is 14.7 Å². The van der Waals surface area contributed by atoms with Crippen molar-refractivity contribution in [2.24, 2.45) is 11.8 Å². The highest BCUT2D eigenvalue weighted by atomic mass is 16.4. The highest BCUT2D eigenvalue weighted by molar-refractivity contribution is 5.78. The van der Waals surface area contributed by atoms with Gasteiger partial charge >= 0.3 is 12.0 Å². The minimum atomic E-state index is -0.826. The molecule has 2 rings (SSSR count). The van der Waals surface area contributed by atoms with E-state index in [1.807, 2.05) is 44.2 Å². The molecule has 0 radical (unpaired) electrons. The molecular weight excluding hydrogens is 268 g/mol. The predicted octanol–water partition coefficient (Wildman–Crippen LogP) is 2.50. The fourth-order valence-corrected chi connectivity index (χ4v) is 2.80. The van der Waals surface area contributed by atoms with Gasteiger partial charge in [0.15, 0.2) is 0 Å². The van der Waals surface area contributed by atoms with Crippen LogP contribution >= 0.6 is 0 Å². The standard InChI is InChI=1S/C16H22N2O3/c1-3-14(12-7-5-4-6-8-12)17-16(21)18-9-11(2)13(10-18)15(19)20/h4-8,11,13-14H,3,9-10H2,1-2H3,(H,17,21)(H,19,20). The molecule has 1 aromatic rings. The van der Waals surface area contributed by atoms with Gasteiger partial charge in [0.25, 0.3) is 0 Å². The molecule has 2 N–H and O–H groups in total. The highest BCUT2D eigenvalue weighted by Crippen LogP contribution is 2.24. The third kappa shape index (κ3) is 3.54. The number of hydrogen-bond acceptors (Lipinski definition) is 2. The molecule has 1 aliphatic rings. The number of nitrogens with one attached hydrogen (secondary N) is 1. The minimum Gasteiger partial charge on any atom is -0.481 e. The van der Waals surface area contributed by atoms with Gasteiger partial charge in [0.05, 0.1) is 12.0 Å². The molecule has 0 spiro atoms. The number of carboxylic acid groups (broad SMARTS) is 1. The van der Waals surface area contributed by atoms with Crippen LogP contribution in [-0.4, -0.2) is 35.1 Å². The van der Waals surface area contributed by atoms with Gasteiger partial charge in [-0.15, -0.1) is 0 Å². The van der Waals surface area contributed by atoms with Gasteiger partial charge in [0.2, 0.25) is 0 Å². The number of benzene rings is 1. The van der Waals surface area contributed by atoms with Gasteiger partial charge in [0.1, 0.15) is 0 Å². The fraction of sp³-hybridized carbons (Fsp3) is 0.500. The van der Waals surface area contributed by atoms with Crippen LogP contribution in [0.4, 0.5) is 4.79 Å². The number of aliphatic carboxylic acids is 1. The van der Waals surface area contributed by atoms with Gasteiger partial charge in [0, 0.05) is 13.1 Å². The van der Waals surface area contributed by atoms with Gasteiger partial charge in [-0.1, -0.05) is 44.2 Å². The number of hydrogen-bond donors (Lipinski definition) is 2. The van der Waals surface area contributed by atoms with Crippen molar-refractivity contribution in [3.8, 4) is 0 Å². The normalized spacial score (nSPS) is 22.9. The first-order valence-corrected chi connectivity index (χ1v) is 7.36. The number of carboxylic acids is 1. The second-order valence-corrected chi connectivity index (χ2v) is 5.65. The molecule has 1 aromatic carbocycles. The molecule has 3 unspecified atom stereocenters. The van der Waals surface area contributed by atoms with Crippen LogP contribution in [0.15, 0.2) is 30.3 Å². The maximum Gasteiger partial charge on any atom is 0.317 e. The van der Waals surface area contributed by atoms with E-state index in [9.17, 15) is 9.59 Å². The molecule has 0 aromatic heterocycles. The number of carbonyl (C=O) groups excluding carboxylic acids is 1. The second-order valence-electron chi connectivity index (χ2n) is 5.65. The summed E-state index contributed by atoms with van der Waals surface area (Å²) in [4.78, 5) is 25.1. The topological polar surface area (TPSA) is 69.6 Å². The summed E-state index contributed by atoms with van der Waals surface area (Å²) in [6.45, 7) is 4.67. The SMILES string of the molecule is CCC(NC(=O)N1CC(C)C(C(=O)O)C1)c1ccccc1. The first-order chi connectivity index (χ1) is 10.0. The average molecular weight is 290 g/mol. The van der Waals surface area contributed by atoms with Gasteiger partial charge in [-0.3, -0.25) is 4.79 Å². The predicted molar refractivity (Wildman–Crippen MR) is 79.9 cm³/mol. The summed E-state index contributed by atoms with van der Waals surface area (Å²) in [5.74, 6) is -1.30. The number of urea groups is 1. The summed E-state index contributed by atoms with van der Waals surface area (Å²) in [5.41, 5.74) is 1.07. The summed E-state index contributed by atoms with van der Waals surface area (Å²) >= 11 is 0. The lowest BCUT2D eigenvalue weighted by Crippen LogP contribution is -2.40. The van der Waals surface area contributed by atoms with E-state index in [1.54, 1.807) is 4.90 Å². The van der Waals surface area contributed by atoms with Crippen molar-refractivity contribution in [1.82, 2.24) is 10.2 Å². The van der Waals surface area contributed by atoms with E-state index in [0.717, 1.165) is 12.0 Å². The van der Waals surface area contributed by atoms with E-state index < -0.39 is 11.9 Å². The molecule has 1 saturated heterocycles. The Labute approximate surface area is 125 Å². The Bertz CT molecular complexity index is 504. The monoisotopic (exact) mass is 290 g/mol. The lowest BCUT2D eigenvalue weighted by atomic mass is 9.99. The van der Waals surface area contributed by atoms with Gasteiger partial charge in [-0.05, 0) is 17.9 Å². The molecule has 1 aliphatic heterocycles. The number of likely N-dealkylation sites (tertiary alicyclic amines) is 1. The Hall–Kier alpha value is -2.04. The summed E-state index contributed by atoms with van der Waals surface area (Å²) in [6, 6.07) is 9.59. The molecule has 5 nitrogen and oxygen atoms in total. The summed E-state index contributed by atoms with van der Waals surface area (Å²) in [5, 5.41) is 12.1. The lowest BCUT2D eigenvalue weighted by Gasteiger charge is -2.23. The van der Waals surface area contributed by atoms with E-state index in [2.05, 4.69) is 5.32 Å². The number of carbonyl (C=O) groups is 2. The highest BCUT2D eigenvalue weighted by Gasteiger charge is 2.37. The van der Waals surface area contributed by atoms with Crippen molar-refractivity contribution in [3.63, 3.8) is 0 Å². The Morgan fingerprint density at radius 1 is 1.33 bits per heavy atom. The fourth-order valence-electron chi connectivity index (χ4n) is 2.80. The number of amides is 2. The van der Waals surface area contributed by atoms with Crippen molar-refractivity contribution in [1.29, 1.82) is 0 Å². The molecule has 0 bridgehead atoms. The largest absolute Gasteiger partial charge is 0.481 e. The van der Waals surface area contributed by atoms with Crippen LogP contribution in [0, 0.1) is 11.8 Å². The Balaban J connectivity index is 1.99. The van der Waals surface area contributed by atoms with Gasteiger partial charge < -0.3 is 15.3 Å². The zero-order valence-electron chi connectivity index (χ0n) is 12.5. The van der Waals surface area contributed by atoms with Gasteiger partial charge in [-0.25, -0.2) is 4.79 Å². The first-order valence-electron chi connectivity index (χ1n) is 7.36. The van der Waals surface area contributed by atoms with Crippen LogP contribution < -0.4 is 5.32 Å². The van der Waals surface area contributed by atoms with E-state index in [0.29, 0.717) is 6.54 Å². The van der Waals surface area contributed by atoms with Crippen molar-refractivity contribution in [2.75, 3.05) is 13.1 Å². The van der Waals surface area contributed by atoms with Crippen LogP contribution in [-0.2, 0) is 4.79 Å². The summed E-state index contributed by atoms with van der Waals surface area (Å²) in [6.07, 6.45) is 0.793. The summed E-state index contributed by atoms with van der Waals surface area (Å²) in [7, 11) is 0. The van der Waals surface area contributed by atoms with Crippen molar-refractivity contribution in [2.45, 2.75) is 26.3 Å². The number of nitrogens with zero attached hydrogens (tertiary/aromatic N) is 1. The van der Waals surface area contributed by atoms with E-state index in [1.165, 1.54) is 0 Å². The van der Waals surface area contributed by atoms with Crippen molar-refractivity contribution >= 4 is 12.0 Å². The van der Waals surface area contributed by atoms with E-state index >= 15 is 0 Å². The van der Waals surface area contributed by atoms with Crippen LogP contribution in [0.2, 0.25) is 0 Å². The molecular formula is C16H22N2O3. The van der Waals surface area contributed by atoms with Crippen LogP contribution in [0.25, 0.3) is 0 Å². The molecule has 5 heteroatoms. The average Bonchev–Trinajstić information content (AvgIpc) is 2.87. The van der Waals surface area contributed by atoms with Crippen LogP contribution in [0.3, 0.4) is 0 Å². The minimum absolute atomic E-state index is 0.00921. The molecule has 21 heavy (non-hydrogen) atoms. The Morgan fingerprint density at radius 3 is 2.52 bits per heavy atom. The molecule has 114 valence electrons. The molecule has 0 saturated carbocycles. The molecule has 3 atom stereocenters. The Morgan fingerprint density at radius 2 is 2.00 bits per heavy atom. The molecule has 1 heterocycles. The van der Waals surface area contributed by atoms with E-state index in [-0.39, 0.29) is 24.5 Å². The maximum atomic E-state index is 12.3. The van der Waals surface area contributed by atoms with Crippen LogP contribution in [0.1, 0.15) is 31.9 Å². The van der Waals surface area contributed by atoms with Gasteiger partial charge in [-0.2, -0.15) is 0 Å². The smallest absolute Gasteiger partial charge is 0.317 e. The van der Waals surface area contributed by atoms with Crippen LogP contribution in [0.5, 0.6) is 0 Å². The summed E-state index contributed by atoms with van der Waals surface area (Å²) < 4.78 is 0. The molecule has 0 aliphatic carbocycles.